The number of carbonyl (C=O) groups is 1. The number of carbonyl (C=O) groups excluding carboxylic acids is 1. The molecule has 2 aliphatic heterocycles. The van der Waals surface area contributed by atoms with E-state index in [1.54, 1.807) is 0 Å². The molecule has 1 saturated heterocycles. The monoisotopic (exact) mass is 361 g/mol. The zero-order chi connectivity index (χ0) is 17.5. The number of hydrogen-bond donors (Lipinski definition) is 1. The summed E-state index contributed by atoms with van der Waals surface area (Å²) in [5, 5.41) is 3.70. The lowest BCUT2D eigenvalue weighted by atomic mass is 10.2. The number of rotatable bonds is 6. The van der Waals surface area contributed by atoms with Crippen LogP contribution in [0.25, 0.3) is 0 Å². The van der Waals surface area contributed by atoms with E-state index in [1.165, 1.54) is 49.4 Å². The Bertz CT molecular complexity index is 558. The van der Waals surface area contributed by atoms with Crippen molar-refractivity contribution < 1.29 is 4.79 Å². The Morgan fingerprint density at radius 1 is 1.20 bits per heavy atom. The van der Waals surface area contributed by atoms with Crippen LogP contribution in [-0.4, -0.2) is 55.3 Å². The van der Waals surface area contributed by atoms with Crippen molar-refractivity contribution in [2.24, 2.45) is 0 Å². The van der Waals surface area contributed by atoms with E-state index in [9.17, 15) is 4.79 Å². The third-order valence-electron chi connectivity index (χ3n) is 5.16. The zero-order valence-electron chi connectivity index (χ0n) is 15.4. The number of para-hydroxylation sites is 1. The quantitative estimate of drug-likeness (QED) is 0.843. The number of benzene rings is 1. The molecular weight excluding hydrogens is 330 g/mol. The van der Waals surface area contributed by atoms with Gasteiger partial charge in [-0.05, 0) is 44.5 Å². The van der Waals surface area contributed by atoms with Gasteiger partial charge in [0.05, 0.1) is 12.2 Å². The predicted molar refractivity (Wildman–Crippen MR) is 107 cm³/mol. The van der Waals surface area contributed by atoms with Crippen molar-refractivity contribution in [3.8, 4) is 0 Å². The standard InChI is InChI=1S/C20H31N3OS/c1-2-17-15-23(18-9-5-6-10-19(18)25-17)16-20(24)21-11-14-22-12-7-3-4-8-13-22/h5-6,9-10,17H,2-4,7-8,11-16H2,1H3,(H,21,24)/t17-/m1/s1. The third-order valence-corrected chi connectivity index (χ3v) is 6.58. The lowest BCUT2D eigenvalue weighted by Crippen LogP contribution is -2.44. The average Bonchev–Trinajstić information content (AvgIpc) is 2.90. The minimum atomic E-state index is 0.145. The van der Waals surface area contributed by atoms with Crippen LogP contribution in [0.4, 0.5) is 5.69 Å². The van der Waals surface area contributed by atoms with Crippen LogP contribution in [-0.2, 0) is 4.79 Å². The molecule has 1 fully saturated rings. The molecule has 1 N–H and O–H groups in total. The van der Waals surface area contributed by atoms with E-state index >= 15 is 0 Å². The van der Waals surface area contributed by atoms with Gasteiger partial charge in [0.15, 0.2) is 0 Å². The molecule has 2 heterocycles. The third kappa shape index (κ3) is 5.38. The molecule has 0 unspecified atom stereocenters. The van der Waals surface area contributed by atoms with Crippen LogP contribution in [0.2, 0.25) is 0 Å². The molecule has 0 aromatic heterocycles. The lowest BCUT2D eigenvalue weighted by Gasteiger charge is -2.34. The molecule has 5 heteroatoms. The van der Waals surface area contributed by atoms with E-state index in [4.69, 9.17) is 0 Å². The van der Waals surface area contributed by atoms with Gasteiger partial charge in [0, 0.05) is 29.8 Å². The second-order valence-corrected chi connectivity index (χ2v) is 8.44. The van der Waals surface area contributed by atoms with E-state index < -0.39 is 0 Å². The number of hydrogen-bond acceptors (Lipinski definition) is 4. The lowest BCUT2D eigenvalue weighted by molar-refractivity contribution is -0.119. The molecule has 0 radical (unpaired) electrons. The van der Waals surface area contributed by atoms with Crippen LogP contribution in [0.1, 0.15) is 39.0 Å². The van der Waals surface area contributed by atoms with Crippen molar-refractivity contribution in [2.75, 3.05) is 44.2 Å². The van der Waals surface area contributed by atoms with Crippen LogP contribution in [0.3, 0.4) is 0 Å². The summed E-state index contributed by atoms with van der Waals surface area (Å²) in [7, 11) is 0. The van der Waals surface area contributed by atoms with E-state index in [2.05, 4.69) is 46.3 Å². The SMILES string of the molecule is CC[C@@H]1CN(CC(=O)NCCN2CCCCCC2)c2ccccc2S1. The van der Waals surface area contributed by atoms with Crippen LogP contribution in [0.15, 0.2) is 29.2 Å². The number of amides is 1. The van der Waals surface area contributed by atoms with Crippen molar-refractivity contribution in [3.05, 3.63) is 24.3 Å². The van der Waals surface area contributed by atoms with Gasteiger partial charge in [-0.1, -0.05) is 31.9 Å². The maximum absolute atomic E-state index is 12.4. The van der Waals surface area contributed by atoms with Crippen molar-refractivity contribution in [1.29, 1.82) is 0 Å². The second-order valence-electron chi connectivity index (χ2n) is 7.10. The minimum Gasteiger partial charge on any atom is -0.360 e. The molecule has 1 amide bonds. The highest BCUT2D eigenvalue weighted by atomic mass is 32.2. The molecule has 0 spiro atoms. The van der Waals surface area contributed by atoms with Gasteiger partial charge in [-0.15, -0.1) is 11.8 Å². The molecule has 0 bridgehead atoms. The molecular formula is C20H31N3OS. The Morgan fingerprint density at radius 3 is 2.72 bits per heavy atom. The van der Waals surface area contributed by atoms with Crippen molar-refractivity contribution >= 4 is 23.4 Å². The summed E-state index contributed by atoms with van der Waals surface area (Å²) in [4.78, 5) is 18.5. The van der Waals surface area contributed by atoms with Gasteiger partial charge < -0.3 is 15.1 Å². The van der Waals surface area contributed by atoms with Crippen molar-refractivity contribution in [2.45, 2.75) is 49.2 Å². The number of thioether (sulfide) groups is 1. The summed E-state index contributed by atoms with van der Waals surface area (Å²) < 4.78 is 0. The summed E-state index contributed by atoms with van der Waals surface area (Å²) >= 11 is 1.95. The Kier molecular flexibility index (Phi) is 7.05. The number of nitrogens with zero attached hydrogens (tertiary/aromatic N) is 2. The number of likely N-dealkylation sites (tertiary alicyclic amines) is 1. The average molecular weight is 362 g/mol. The first-order chi connectivity index (χ1) is 12.3. The van der Waals surface area contributed by atoms with Crippen LogP contribution in [0.5, 0.6) is 0 Å². The van der Waals surface area contributed by atoms with Gasteiger partial charge in [0.2, 0.25) is 5.91 Å². The first kappa shape index (κ1) is 18.6. The number of fused-ring (bicyclic) bond motifs is 1. The molecule has 4 nitrogen and oxygen atoms in total. The van der Waals surface area contributed by atoms with Gasteiger partial charge in [-0.3, -0.25) is 4.79 Å². The fourth-order valence-corrected chi connectivity index (χ4v) is 4.94. The summed E-state index contributed by atoms with van der Waals surface area (Å²) in [6.07, 6.45) is 6.44. The van der Waals surface area contributed by atoms with Gasteiger partial charge >= 0.3 is 0 Å². The highest BCUT2D eigenvalue weighted by Crippen LogP contribution is 2.39. The molecule has 138 valence electrons. The molecule has 0 saturated carbocycles. The fraction of sp³-hybridized carbons (Fsp3) is 0.650. The van der Waals surface area contributed by atoms with E-state index in [-0.39, 0.29) is 5.91 Å². The molecule has 1 atom stereocenters. The number of anilines is 1. The largest absolute Gasteiger partial charge is 0.360 e. The molecule has 3 rings (SSSR count). The molecule has 1 aromatic rings. The summed E-state index contributed by atoms with van der Waals surface area (Å²) in [6, 6.07) is 8.46. The van der Waals surface area contributed by atoms with E-state index in [0.717, 1.165) is 26.1 Å². The topological polar surface area (TPSA) is 35.6 Å². The first-order valence-electron chi connectivity index (χ1n) is 9.76. The minimum absolute atomic E-state index is 0.145. The first-order valence-corrected chi connectivity index (χ1v) is 10.6. The van der Waals surface area contributed by atoms with Crippen LogP contribution < -0.4 is 10.2 Å². The zero-order valence-corrected chi connectivity index (χ0v) is 16.2. The van der Waals surface area contributed by atoms with Crippen LogP contribution >= 0.6 is 11.8 Å². The van der Waals surface area contributed by atoms with Crippen molar-refractivity contribution in [3.63, 3.8) is 0 Å². The summed E-state index contributed by atoms with van der Waals surface area (Å²) in [6.45, 7) is 7.77. The Labute approximate surface area is 156 Å². The Hall–Kier alpha value is -1.20. The van der Waals surface area contributed by atoms with Crippen molar-refractivity contribution in [1.82, 2.24) is 10.2 Å². The fourth-order valence-electron chi connectivity index (χ4n) is 3.68. The second kappa shape index (κ2) is 9.48. The van der Waals surface area contributed by atoms with E-state index in [0.29, 0.717) is 11.8 Å². The van der Waals surface area contributed by atoms with Gasteiger partial charge in [0.1, 0.15) is 0 Å². The number of nitrogens with one attached hydrogen (secondary N) is 1. The highest BCUT2D eigenvalue weighted by Gasteiger charge is 2.25. The van der Waals surface area contributed by atoms with Crippen LogP contribution in [0, 0.1) is 0 Å². The molecule has 1 aromatic carbocycles. The summed E-state index contributed by atoms with van der Waals surface area (Å²) in [5.74, 6) is 0.145. The maximum atomic E-state index is 12.4. The predicted octanol–water partition coefficient (Wildman–Crippen LogP) is 3.37. The van der Waals surface area contributed by atoms with Gasteiger partial charge in [-0.2, -0.15) is 0 Å². The Balaban J connectivity index is 1.48. The summed E-state index contributed by atoms with van der Waals surface area (Å²) in [5.41, 5.74) is 1.21. The molecule has 0 aliphatic carbocycles. The highest BCUT2D eigenvalue weighted by molar-refractivity contribution is 8.00. The van der Waals surface area contributed by atoms with Gasteiger partial charge in [-0.25, -0.2) is 0 Å². The smallest absolute Gasteiger partial charge is 0.239 e. The molecule has 25 heavy (non-hydrogen) atoms. The normalized spacial score (nSPS) is 21.5. The Morgan fingerprint density at radius 2 is 1.96 bits per heavy atom. The van der Waals surface area contributed by atoms with E-state index in [1.807, 2.05) is 11.8 Å². The molecule has 2 aliphatic rings. The van der Waals surface area contributed by atoms with Gasteiger partial charge in [0.25, 0.3) is 0 Å². The maximum Gasteiger partial charge on any atom is 0.239 e.